The first kappa shape index (κ1) is 16.5. The average molecular weight is 315 g/mol. The number of amides is 3. The summed E-state index contributed by atoms with van der Waals surface area (Å²) in [5.74, 6) is -0.792. The molecule has 0 fully saturated rings. The van der Waals surface area contributed by atoms with Crippen molar-refractivity contribution in [1.29, 1.82) is 0 Å². The highest BCUT2D eigenvalue weighted by atomic mass is 19.1. The Labute approximate surface area is 133 Å². The van der Waals surface area contributed by atoms with Crippen LogP contribution in [0.25, 0.3) is 0 Å². The number of carbonyl (C=O) groups is 2. The Bertz CT molecular complexity index is 704. The Kier molecular flexibility index (Phi) is 5.68. The van der Waals surface area contributed by atoms with Crippen LogP contribution in [0.1, 0.15) is 21.5 Å². The Morgan fingerprint density at radius 2 is 1.83 bits per heavy atom. The predicted octanol–water partition coefficient (Wildman–Crippen LogP) is 1.97. The summed E-state index contributed by atoms with van der Waals surface area (Å²) in [5.41, 5.74) is 6.92. The number of urea groups is 1. The third-order valence-electron chi connectivity index (χ3n) is 3.30. The molecule has 2 rings (SSSR count). The van der Waals surface area contributed by atoms with Crippen molar-refractivity contribution in [3.63, 3.8) is 0 Å². The molecule has 23 heavy (non-hydrogen) atoms. The van der Waals surface area contributed by atoms with Gasteiger partial charge in [0.2, 0.25) is 5.91 Å². The van der Waals surface area contributed by atoms with Gasteiger partial charge in [0.05, 0.1) is 0 Å². The van der Waals surface area contributed by atoms with E-state index >= 15 is 0 Å². The van der Waals surface area contributed by atoms with Crippen molar-refractivity contribution in [3.8, 4) is 0 Å². The molecule has 0 aliphatic carbocycles. The highest BCUT2D eigenvalue weighted by Crippen LogP contribution is 2.06. The predicted molar refractivity (Wildman–Crippen MR) is 85.3 cm³/mol. The largest absolute Gasteiger partial charge is 0.366 e. The Morgan fingerprint density at radius 1 is 1.04 bits per heavy atom. The van der Waals surface area contributed by atoms with Crippen LogP contribution < -0.4 is 16.4 Å². The maximum Gasteiger partial charge on any atom is 0.315 e. The topological polar surface area (TPSA) is 84.2 Å². The first-order valence-corrected chi connectivity index (χ1v) is 7.20. The minimum Gasteiger partial charge on any atom is -0.366 e. The van der Waals surface area contributed by atoms with Crippen LogP contribution in [0.3, 0.4) is 0 Å². The lowest BCUT2D eigenvalue weighted by Crippen LogP contribution is -2.36. The van der Waals surface area contributed by atoms with Crippen molar-refractivity contribution in [2.45, 2.75) is 13.0 Å². The summed E-state index contributed by atoms with van der Waals surface area (Å²) < 4.78 is 13.4. The highest BCUT2D eigenvalue weighted by molar-refractivity contribution is 5.92. The molecule has 5 nitrogen and oxygen atoms in total. The minimum absolute atomic E-state index is 0.270. The van der Waals surface area contributed by atoms with E-state index in [1.54, 1.807) is 42.5 Å². The monoisotopic (exact) mass is 315 g/mol. The van der Waals surface area contributed by atoms with Crippen molar-refractivity contribution in [1.82, 2.24) is 10.6 Å². The van der Waals surface area contributed by atoms with Crippen molar-refractivity contribution in [2.24, 2.45) is 5.73 Å². The second-order valence-corrected chi connectivity index (χ2v) is 5.02. The molecule has 0 atom stereocenters. The van der Waals surface area contributed by atoms with E-state index in [0.29, 0.717) is 24.1 Å². The van der Waals surface area contributed by atoms with Gasteiger partial charge in [-0.2, -0.15) is 0 Å². The zero-order valence-corrected chi connectivity index (χ0v) is 12.5. The van der Waals surface area contributed by atoms with E-state index in [1.807, 2.05) is 0 Å². The fraction of sp³-hybridized carbons (Fsp3) is 0.176. The van der Waals surface area contributed by atoms with Crippen LogP contribution in [-0.2, 0) is 13.0 Å². The standard InChI is InChI=1S/C17H18FN3O2/c18-15-7-2-1-5-13(15)8-9-20-17(23)21-11-12-4-3-6-14(10-12)16(19)22/h1-7,10H,8-9,11H2,(H2,19,22)(H2,20,21,23). The van der Waals surface area contributed by atoms with Gasteiger partial charge in [0.15, 0.2) is 0 Å². The van der Waals surface area contributed by atoms with Crippen molar-refractivity contribution in [3.05, 3.63) is 71.0 Å². The van der Waals surface area contributed by atoms with E-state index < -0.39 is 5.91 Å². The van der Waals surface area contributed by atoms with Crippen molar-refractivity contribution in [2.75, 3.05) is 6.54 Å². The number of primary amides is 1. The molecule has 0 aliphatic rings. The van der Waals surface area contributed by atoms with E-state index in [2.05, 4.69) is 10.6 Å². The molecule has 0 aliphatic heterocycles. The quantitative estimate of drug-likeness (QED) is 0.761. The number of nitrogens with two attached hydrogens (primary N) is 1. The summed E-state index contributed by atoms with van der Waals surface area (Å²) in [7, 11) is 0. The molecule has 0 unspecified atom stereocenters. The molecule has 2 aromatic carbocycles. The van der Waals surface area contributed by atoms with Gasteiger partial charge in [-0.25, -0.2) is 9.18 Å². The van der Waals surface area contributed by atoms with E-state index in [9.17, 15) is 14.0 Å². The SMILES string of the molecule is NC(=O)c1cccc(CNC(=O)NCCc2ccccc2F)c1. The minimum atomic E-state index is -0.513. The van der Waals surface area contributed by atoms with Gasteiger partial charge in [-0.05, 0) is 35.7 Å². The van der Waals surface area contributed by atoms with Crippen LogP contribution in [0, 0.1) is 5.82 Å². The number of hydrogen-bond acceptors (Lipinski definition) is 2. The van der Waals surface area contributed by atoms with Gasteiger partial charge in [-0.1, -0.05) is 30.3 Å². The summed E-state index contributed by atoms with van der Waals surface area (Å²) in [5, 5.41) is 5.33. The Hall–Kier alpha value is -2.89. The molecule has 0 saturated carbocycles. The van der Waals surface area contributed by atoms with Gasteiger partial charge < -0.3 is 16.4 Å². The molecule has 120 valence electrons. The zero-order valence-electron chi connectivity index (χ0n) is 12.5. The van der Waals surface area contributed by atoms with Crippen molar-refractivity contribution >= 4 is 11.9 Å². The lowest BCUT2D eigenvalue weighted by atomic mass is 10.1. The molecule has 4 N–H and O–H groups in total. The maximum atomic E-state index is 13.4. The number of nitrogens with one attached hydrogen (secondary N) is 2. The van der Waals surface area contributed by atoms with Gasteiger partial charge in [-0.3, -0.25) is 4.79 Å². The summed E-state index contributed by atoms with van der Waals surface area (Å²) in [6.45, 7) is 0.598. The van der Waals surface area contributed by atoms with Crippen LogP contribution in [0.2, 0.25) is 0 Å². The van der Waals surface area contributed by atoms with E-state index in [0.717, 1.165) is 5.56 Å². The van der Waals surface area contributed by atoms with E-state index in [4.69, 9.17) is 5.73 Å². The molecule has 0 spiro atoms. The zero-order chi connectivity index (χ0) is 16.7. The van der Waals surface area contributed by atoms with Gasteiger partial charge >= 0.3 is 6.03 Å². The average Bonchev–Trinajstić information content (AvgIpc) is 2.55. The number of carbonyl (C=O) groups excluding carboxylic acids is 2. The molecule has 2 aromatic rings. The lowest BCUT2D eigenvalue weighted by Gasteiger charge is -2.09. The third-order valence-corrected chi connectivity index (χ3v) is 3.30. The third kappa shape index (κ3) is 5.10. The Balaban J connectivity index is 1.76. The van der Waals surface area contributed by atoms with Crippen LogP contribution in [0.5, 0.6) is 0 Å². The smallest absolute Gasteiger partial charge is 0.315 e. The lowest BCUT2D eigenvalue weighted by molar-refractivity contribution is 0.1000. The van der Waals surface area contributed by atoms with E-state index in [-0.39, 0.29) is 18.4 Å². The fourth-order valence-corrected chi connectivity index (χ4v) is 2.09. The maximum absolute atomic E-state index is 13.4. The van der Waals surface area contributed by atoms with Crippen LogP contribution in [0.4, 0.5) is 9.18 Å². The molecular weight excluding hydrogens is 297 g/mol. The number of halogens is 1. The molecule has 3 amide bonds. The van der Waals surface area contributed by atoms with Gasteiger partial charge in [-0.15, -0.1) is 0 Å². The number of rotatable bonds is 6. The van der Waals surface area contributed by atoms with Gasteiger partial charge in [0.25, 0.3) is 0 Å². The normalized spacial score (nSPS) is 10.1. The number of hydrogen-bond donors (Lipinski definition) is 3. The highest BCUT2D eigenvalue weighted by Gasteiger charge is 2.05. The number of benzene rings is 2. The molecule has 0 heterocycles. The first-order valence-electron chi connectivity index (χ1n) is 7.20. The molecule has 0 aromatic heterocycles. The summed E-state index contributed by atoms with van der Waals surface area (Å²) >= 11 is 0. The molecule has 0 saturated heterocycles. The van der Waals surface area contributed by atoms with Crippen molar-refractivity contribution < 1.29 is 14.0 Å². The summed E-state index contributed by atoms with van der Waals surface area (Å²) in [6, 6.07) is 12.8. The Morgan fingerprint density at radius 3 is 2.57 bits per heavy atom. The first-order chi connectivity index (χ1) is 11.1. The summed E-state index contributed by atoms with van der Waals surface area (Å²) in [6.07, 6.45) is 0.414. The molecule has 0 radical (unpaired) electrons. The van der Waals surface area contributed by atoms with Crippen LogP contribution >= 0.6 is 0 Å². The second-order valence-electron chi connectivity index (χ2n) is 5.02. The van der Waals surface area contributed by atoms with Gasteiger partial charge in [0.1, 0.15) is 5.82 Å². The van der Waals surface area contributed by atoms with E-state index in [1.165, 1.54) is 6.07 Å². The fourth-order valence-electron chi connectivity index (χ4n) is 2.09. The molecule has 6 heteroatoms. The van der Waals surface area contributed by atoms with Crippen LogP contribution in [-0.4, -0.2) is 18.5 Å². The van der Waals surface area contributed by atoms with Gasteiger partial charge in [0, 0.05) is 18.7 Å². The molecular formula is C17H18FN3O2. The molecule has 0 bridgehead atoms. The van der Waals surface area contributed by atoms with Crippen LogP contribution in [0.15, 0.2) is 48.5 Å². The second kappa shape index (κ2) is 7.93. The summed E-state index contributed by atoms with van der Waals surface area (Å²) in [4.78, 5) is 22.8.